The molecule has 3 aromatic carbocycles. The van der Waals surface area contributed by atoms with Crippen molar-refractivity contribution in [2.45, 2.75) is 25.0 Å². The third-order valence-electron chi connectivity index (χ3n) is 5.00. The first-order valence-corrected chi connectivity index (χ1v) is 10.7. The van der Waals surface area contributed by atoms with Gasteiger partial charge in [-0.15, -0.1) is 13.2 Å². The Morgan fingerprint density at radius 2 is 1.30 bits per heavy atom. The second kappa shape index (κ2) is 11.2. The van der Waals surface area contributed by atoms with Crippen LogP contribution in [-0.2, 0) is 17.4 Å². The molecular weight excluding hydrogens is 506 g/mol. The number of benzene rings is 3. The third kappa shape index (κ3) is 8.16. The molecule has 12 heteroatoms. The molecule has 0 aromatic heterocycles. The van der Waals surface area contributed by atoms with E-state index < -0.39 is 41.7 Å². The molecule has 0 saturated heterocycles. The summed E-state index contributed by atoms with van der Waals surface area (Å²) in [6.45, 7) is 0. The van der Waals surface area contributed by atoms with Gasteiger partial charge in [0, 0.05) is 19.0 Å². The summed E-state index contributed by atoms with van der Waals surface area (Å²) < 4.78 is 84.3. The van der Waals surface area contributed by atoms with Crippen molar-refractivity contribution in [1.82, 2.24) is 10.6 Å². The Balaban J connectivity index is 1.64. The minimum absolute atomic E-state index is 0.00712. The van der Waals surface area contributed by atoms with Crippen LogP contribution in [0.1, 0.15) is 21.5 Å². The van der Waals surface area contributed by atoms with Gasteiger partial charge in [-0.05, 0) is 66.2 Å². The fourth-order valence-corrected chi connectivity index (χ4v) is 3.21. The van der Waals surface area contributed by atoms with Crippen molar-refractivity contribution in [1.29, 1.82) is 0 Å². The van der Waals surface area contributed by atoms with Gasteiger partial charge >= 0.3 is 12.5 Å². The summed E-state index contributed by atoms with van der Waals surface area (Å²) in [5.41, 5.74) is -0.172. The summed E-state index contributed by atoms with van der Waals surface area (Å²) in [5.74, 6) is -1.12. The smallest absolute Gasteiger partial charge is 0.457 e. The van der Waals surface area contributed by atoms with Gasteiger partial charge in [0.25, 0.3) is 5.91 Å². The van der Waals surface area contributed by atoms with Crippen LogP contribution in [0.25, 0.3) is 0 Å². The van der Waals surface area contributed by atoms with Crippen LogP contribution < -0.4 is 20.1 Å². The van der Waals surface area contributed by atoms with E-state index in [1.54, 1.807) is 0 Å². The number of ether oxygens (including phenoxy) is 2. The minimum Gasteiger partial charge on any atom is -0.457 e. The lowest BCUT2D eigenvalue weighted by atomic mass is 10.0. The molecule has 2 amide bonds. The minimum atomic E-state index is -4.83. The molecule has 0 aliphatic heterocycles. The summed E-state index contributed by atoms with van der Waals surface area (Å²) in [6.07, 6.45) is -9.31. The van der Waals surface area contributed by atoms with Gasteiger partial charge in [-0.1, -0.05) is 12.1 Å². The number of halogens is 6. The fraction of sp³-hybridized carbons (Fsp3) is 0.200. The first-order valence-electron chi connectivity index (χ1n) is 10.7. The van der Waals surface area contributed by atoms with E-state index >= 15 is 0 Å². The molecule has 2 N–H and O–H groups in total. The largest absolute Gasteiger partial charge is 0.573 e. The second-order valence-corrected chi connectivity index (χ2v) is 7.68. The number of alkyl halides is 6. The maximum atomic E-state index is 12.7. The van der Waals surface area contributed by atoms with Crippen molar-refractivity contribution in [3.8, 4) is 17.2 Å². The molecule has 37 heavy (non-hydrogen) atoms. The van der Waals surface area contributed by atoms with Gasteiger partial charge in [-0.2, -0.15) is 13.2 Å². The molecule has 1 atom stereocenters. The molecule has 0 radical (unpaired) electrons. The Morgan fingerprint density at radius 1 is 0.784 bits per heavy atom. The monoisotopic (exact) mass is 526 g/mol. The van der Waals surface area contributed by atoms with E-state index in [1.807, 2.05) is 0 Å². The SMILES string of the molecule is CNC(=O)C(Cc1ccc(OC(F)(F)F)cc1)NC(=O)c1ccc(Oc2ccc(C(F)(F)F)cc2)cc1. The van der Waals surface area contributed by atoms with E-state index in [1.165, 1.54) is 55.6 Å². The van der Waals surface area contributed by atoms with Gasteiger partial charge in [0.1, 0.15) is 23.3 Å². The lowest BCUT2D eigenvalue weighted by Crippen LogP contribution is -2.47. The molecule has 0 saturated carbocycles. The molecule has 0 spiro atoms. The number of carbonyl (C=O) groups is 2. The predicted octanol–water partition coefficient (Wildman–Crippen LogP) is 5.48. The molecule has 0 bridgehead atoms. The standard InChI is InChI=1S/C25H20F6N2O4/c1-32-23(35)21(14-15-2-8-20(9-3-15)37-25(29,30)31)33-22(34)16-4-10-18(11-5-16)36-19-12-6-17(7-13-19)24(26,27)28/h2-13,21H,14H2,1H3,(H,32,35)(H,33,34). The first kappa shape index (κ1) is 27.4. The van der Waals surface area contributed by atoms with Gasteiger partial charge in [0.15, 0.2) is 0 Å². The summed E-state index contributed by atoms with van der Waals surface area (Å²) in [6, 6.07) is 13.6. The molecule has 3 aromatic rings. The summed E-state index contributed by atoms with van der Waals surface area (Å²) >= 11 is 0. The van der Waals surface area contributed by atoms with Gasteiger partial charge in [-0.25, -0.2) is 0 Å². The number of rotatable bonds is 8. The summed E-state index contributed by atoms with van der Waals surface area (Å²) in [5, 5.41) is 4.98. The lowest BCUT2D eigenvalue weighted by Gasteiger charge is -2.18. The highest BCUT2D eigenvalue weighted by atomic mass is 19.4. The van der Waals surface area contributed by atoms with E-state index in [-0.39, 0.29) is 23.5 Å². The molecule has 0 aliphatic rings. The second-order valence-electron chi connectivity index (χ2n) is 7.68. The Bertz CT molecular complexity index is 1210. The van der Waals surface area contributed by atoms with Crippen molar-refractivity contribution in [3.05, 3.63) is 89.5 Å². The lowest BCUT2D eigenvalue weighted by molar-refractivity contribution is -0.274. The zero-order valence-electron chi connectivity index (χ0n) is 19.1. The van der Waals surface area contributed by atoms with E-state index in [2.05, 4.69) is 15.4 Å². The fourth-order valence-electron chi connectivity index (χ4n) is 3.21. The maximum absolute atomic E-state index is 12.7. The quantitative estimate of drug-likeness (QED) is 0.381. The van der Waals surface area contributed by atoms with Crippen LogP contribution in [-0.4, -0.2) is 31.3 Å². The molecule has 6 nitrogen and oxygen atoms in total. The van der Waals surface area contributed by atoms with Gasteiger partial charge in [0.05, 0.1) is 5.56 Å². The number of carbonyl (C=O) groups excluding carboxylic acids is 2. The summed E-state index contributed by atoms with van der Waals surface area (Å²) in [4.78, 5) is 25.0. The Hall–Kier alpha value is -4.22. The van der Waals surface area contributed by atoms with Gasteiger partial charge < -0.3 is 20.1 Å². The topological polar surface area (TPSA) is 76.7 Å². The van der Waals surface area contributed by atoms with E-state index in [4.69, 9.17) is 4.74 Å². The Morgan fingerprint density at radius 3 is 1.78 bits per heavy atom. The average molecular weight is 526 g/mol. The highest BCUT2D eigenvalue weighted by Crippen LogP contribution is 2.31. The van der Waals surface area contributed by atoms with E-state index in [9.17, 15) is 35.9 Å². The van der Waals surface area contributed by atoms with Crippen LogP contribution in [0.15, 0.2) is 72.8 Å². The van der Waals surface area contributed by atoms with Crippen LogP contribution >= 0.6 is 0 Å². The van der Waals surface area contributed by atoms with Crippen LogP contribution in [0.3, 0.4) is 0 Å². The van der Waals surface area contributed by atoms with E-state index in [0.29, 0.717) is 5.56 Å². The van der Waals surface area contributed by atoms with Crippen molar-refractivity contribution < 1.29 is 45.4 Å². The molecular formula is C25H20F6N2O4. The number of hydrogen-bond acceptors (Lipinski definition) is 4. The molecule has 0 fully saturated rings. The van der Waals surface area contributed by atoms with Crippen LogP contribution in [0.4, 0.5) is 26.3 Å². The normalized spacial score (nSPS) is 12.4. The zero-order chi connectivity index (χ0) is 27.2. The van der Waals surface area contributed by atoms with Crippen LogP contribution in [0.5, 0.6) is 17.2 Å². The van der Waals surface area contributed by atoms with Crippen molar-refractivity contribution >= 4 is 11.8 Å². The first-order chi connectivity index (χ1) is 17.3. The molecule has 196 valence electrons. The Kier molecular flexibility index (Phi) is 8.31. The highest BCUT2D eigenvalue weighted by molar-refractivity contribution is 5.97. The third-order valence-corrected chi connectivity index (χ3v) is 5.00. The summed E-state index contributed by atoms with van der Waals surface area (Å²) in [7, 11) is 1.37. The van der Waals surface area contributed by atoms with Crippen molar-refractivity contribution in [2.75, 3.05) is 7.05 Å². The van der Waals surface area contributed by atoms with Gasteiger partial charge in [-0.3, -0.25) is 9.59 Å². The number of likely N-dealkylation sites (N-methyl/N-ethyl adjacent to an activating group) is 1. The molecule has 0 aliphatic carbocycles. The highest BCUT2D eigenvalue weighted by Gasteiger charge is 2.31. The number of hydrogen-bond donors (Lipinski definition) is 2. The predicted molar refractivity (Wildman–Crippen MR) is 120 cm³/mol. The van der Waals surface area contributed by atoms with Gasteiger partial charge in [0.2, 0.25) is 5.91 Å². The number of nitrogens with one attached hydrogen (secondary N) is 2. The van der Waals surface area contributed by atoms with Crippen molar-refractivity contribution in [3.63, 3.8) is 0 Å². The molecule has 3 rings (SSSR count). The van der Waals surface area contributed by atoms with Crippen LogP contribution in [0.2, 0.25) is 0 Å². The molecule has 1 unspecified atom stereocenters. The van der Waals surface area contributed by atoms with Crippen molar-refractivity contribution in [2.24, 2.45) is 0 Å². The average Bonchev–Trinajstić information content (AvgIpc) is 2.83. The number of amides is 2. The van der Waals surface area contributed by atoms with E-state index in [0.717, 1.165) is 24.3 Å². The van der Waals surface area contributed by atoms with Crippen LogP contribution in [0, 0.1) is 0 Å². The Labute approximate surface area is 207 Å². The molecule has 0 heterocycles. The maximum Gasteiger partial charge on any atom is 0.573 e. The zero-order valence-corrected chi connectivity index (χ0v) is 19.1.